The van der Waals surface area contributed by atoms with Gasteiger partial charge in [0.15, 0.2) is 0 Å². The van der Waals surface area contributed by atoms with Crippen molar-refractivity contribution in [1.29, 1.82) is 0 Å². The van der Waals surface area contributed by atoms with Crippen LogP contribution in [0.5, 0.6) is 5.75 Å². The predicted molar refractivity (Wildman–Crippen MR) is 80.1 cm³/mol. The van der Waals surface area contributed by atoms with E-state index in [1.165, 1.54) is 0 Å². The summed E-state index contributed by atoms with van der Waals surface area (Å²) in [4.78, 5) is 4.16. The summed E-state index contributed by atoms with van der Waals surface area (Å²) in [6.45, 7) is 2.55. The van der Waals surface area contributed by atoms with Gasteiger partial charge in [-0.25, -0.2) is 0 Å². The molecular formula is C14H13Br2NO. The first kappa shape index (κ1) is 13.6. The lowest BCUT2D eigenvalue weighted by atomic mass is 10.2. The highest BCUT2D eigenvalue weighted by molar-refractivity contribution is 9.10. The molecule has 0 spiro atoms. The molecule has 0 bridgehead atoms. The Morgan fingerprint density at radius 1 is 1.28 bits per heavy atom. The van der Waals surface area contributed by atoms with Crippen molar-refractivity contribution in [1.82, 2.24) is 4.98 Å². The first-order valence-corrected chi connectivity index (χ1v) is 7.49. The topological polar surface area (TPSA) is 22.1 Å². The molecule has 2 aromatic rings. The molecule has 0 unspecified atom stereocenters. The second kappa shape index (κ2) is 6.34. The molecule has 1 aromatic heterocycles. The molecule has 4 heteroatoms. The van der Waals surface area contributed by atoms with Gasteiger partial charge in [0.25, 0.3) is 0 Å². The normalized spacial score (nSPS) is 10.4. The Bertz CT molecular complexity index is 543. The van der Waals surface area contributed by atoms with Crippen molar-refractivity contribution in [2.45, 2.75) is 18.9 Å². The molecule has 0 aliphatic heterocycles. The maximum absolute atomic E-state index is 5.88. The van der Waals surface area contributed by atoms with Crippen LogP contribution >= 0.6 is 31.9 Å². The SMILES string of the molecule is Cc1cncc(COc2c(Br)cccc2CBr)c1. The first-order chi connectivity index (χ1) is 8.70. The van der Waals surface area contributed by atoms with Crippen LogP contribution in [0.3, 0.4) is 0 Å². The number of aromatic nitrogens is 1. The zero-order chi connectivity index (χ0) is 13.0. The number of rotatable bonds is 4. The molecule has 2 nitrogen and oxygen atoms in total. The maximum atomic E-state index is 5.88. The van der Waals surface area contributed by atoms with Crippen LogP contribution in [0.1, 0.15) is 16.7 Å². The number of para-hydroxylation sites is 1. The molecule has 0 saturated heterocycles. The van der Waals surface area contributed by atoms with Crippen LogP contribution in [0.4, 0.5) is 0 Å². The van der Waals surface area contributed by atoms with E-state index in [2.05, 4.69) is 42.9 Å². The average molecular weight is 371 g/mol. The van der Waals surface area contributed by atoms with Gasteiger partial charge in [0.2, 0.25) is 0 Å². The van der Waals surface area contributed by atoms with Crippen molar-refractivity contribution >= 4 is 31.9 Å². The third-order valence-electron chi connectivity index (χ3n) is 2.51. The molecule has 0 saturated carbocycles. The molecule has 1 heterocycles. The van der Waals surface area contributed by atoms with E-state index in [4.69, 9.17) is 4.74 Å². The molecule has 18 heavy (non-hydrogen) atoms. The third-order valence-corrected chi connectivity index (χ3v) is 3.74. The van der Waals surface area contributed by atoms with Crippen molar-refractivity contribution in [3.63, 3.8) is 0 Å². The van der Waals surface area contributed by atoms with Gasteiger partial charge in [0.05, 0.1) is 4.47 Å². The van der Waals surface area contributed by atoms with Crippen molar-refractivity contribution in [2.24, 2.45) is 0 Å². The van der Waals surface area contributed by atoms with E-state index < -0.39 is 0 Å². The predicted octanol–water partition coefficient (Wildman–Crippen LogP) is 4.63. The highest BCUT2D eigenvalue weighted by atomic mass is 79.9. The molecule has 0 amide bonds. The van der Waals surface area contributed by atoms with E-state index in [9.17, 15) is 0 Å². The molecule has 0 radical (unpaired) electrons. The smallest absolute Gasteiger partial charge is 0.138 e. The lowest BCUT2D eigenvalue weighted by Gasteiger charge is -2.12. The summed E-state index contributed by atoms with van der Waals surface area (Å²) in [7, 11) is 0. The van der Waals surface area contributed by atoms with Crippen LogP contribution in [0, 0.1) is 6.92 Å². The number of aryl methyl sites for hydroxylation is 1. The van der Waals surface area contributed by atoms with Gasteiger partial charge in [0, 0.05) is 28.9 Å². The number of pyridine rings is 1. The van der Waals surface area contributed by atoms with Gasteiger partial charge in [-0.3, -0.25) is 4.98 Å². The molecule has 94 valence electrons. The molecule has 0 aliphatic rings. The Hall–Kier alpha value is -0.870. The number of nitrogens with zero attached hydrogens (tertiary/aromatic N) is 1. The van der Waals surface area contributed by atoms with E-state index in [1.807, 2.05) is 37.5 Å². The number of benzene rings is 1. The quantitative estimate of drug-likeness (QED) is 0.732. The van der Waals surface area contributed by atoms with E-state index >= 15 is 0 Å². The van der Waals surface area contributed by atoms with Crippen LogP contribution in [-0.4, -0.2) is 4.98 Å². The minimum atomic E-state index is 0.525. The summed E-state index contributed by atoms with van der Waals surface area (Å²) in [6, 6.07) is 8.11. The van der Waals surface area contributed by atoms with Crippen LogP contribution in [0.25, 0.3) is 0 Å². The maximum Gasteiger partial charge on any atom is 0.138 e. The van der Waals surface area contributed by atoms with Crippen LogP contribution < -0.4 is 4.74 Å². The minimum Gasteiger partial charge on any atom is -0.487 e. The first-order valence-electron chi connectivity index (χ1n) is 5.57. The van der Waals surface area contributed by atoms with Crippen LogP contribution in [-0.2, 0) is 11.9 Å². The summed E-state index contributed by atoms with van der Waals surface area (Å²) >= 11 is 6.98. The molecular weight excluding hydrogens is 358 g/mol. The monoisotopic (exact) mass is 369 g/mol. The summed E-state index contributed by atoms with van der Waals surface area (Å²) in [5.41, 5.74) is 3.35. The Labute approximate surface area is 124 Å². The van der Waals surface area contributed by atoms with Crippen molar-refractivity contribution in [2.75, 3.05) is 0 Å². The van der Waals surface area contributed by atoms with Gasteiger partial charge in [-0.1, -0.05) is 28.1 Å². The second-order valence-corrected chi connectivity index (χ2v) is 5.44. The Morgan fingerprint density at radius 3 is 2.83 bits per heavy atom. The fraction of sp³-hybridized carbons (Fsp3) is 0.214. The van der Waals surface area contributed by atoms with E-state index in [-0.39, 0.29) is 0 Å². The minimum absolute atomic E-state index is 0.525. The molecule has 0 fully saturated rings. The largest absolute Gasteiger partial charge is 0.487 e. The number of ether oxygens (including phenoxy) is 1. The van der Waals surface area contributed by atoms with E-state index in [0.717, 1.165) is 32.2 Å². The van der Waals surface area contributed by atoms with Crippen LogP contribution in [0.2, 0.25) is 0 Å². The van der Waals surface area contributed by atoms with Crippen molar-refractivity contribution < 1.29 is 4.74 Å². The average Bonchev–Trinajstić information content (AvgIpc) is 2.37. The standard InChI is InChI=1S/C14H13Br2NO/c1-10-5-11(8-17-7-10)9-18-14-12(6-15)3-2-4-13(14)16/h2-5,7-8H,6,9H2,1H3. The zero-order valence-corrected chi connectivity index (χ0v) is 13.2. The van der Waals surface area contributed by atoms with Gasteiger partial charge >= 0.3 is 0 Å². The highest BCUT2D eigenvalue weighted by Crippen LogP contribution is 2.31. The fourth-order valence-electron chi connectivity index (χ4n) is 1.67. The zero-order valence-electron chi connectivity index (χ0n) is 9.99. The molecule has 0 N–H and O–H groups in total. The Morgan fingerprint density at radius 2 is 2.11 bits per heavy atom. The summed E-state index contributed by atoms with van der Waals surface area (Å²) in [5, 5.41) is 0.772. The fourth-order valence-corrected chi connectivity index (χ4v) is 2.64. The number of halogens is 2. The van der Waals surface area contributed by atoms with Gasteiger partial charge in [-0.05, 0) is 40.5 Å². The van der Waals surface area contributed by atoms with Crippen molar-refractivity contribution in [3.8, 4) is 5.75 Å². The lowest BCUT2D eigenvalue weighted by Crippen LogP contribution is -1.99. The van der Waals surface area contributed by atoms with Crippen molar-refractivity contribution in [3.05, 3.63) is 57.8 Å². The third kappa shape index (κ3) is 3.33. The number of alkyl halides is 1. The second-order valence-electron chi connectivity index (χ2n) is 4.02. The van der Waals surface area contributed by atoms with Crippen LogP contribution in [0.15, 0.2) is 41.1 Å². The Kier molecular flexibility index (Phi) is 4.78. The van der Waals surface area contributed by atoms with Gasteiger partial charge < -0.3 is 4.74 Å². The summed E-state index contributed by atoms with van der Waals surface area (Å²) in [5.74, 6) is 0.885. The molecule has 0 atom stereocenters. The highest BCUT2D eigenvalue weighted by Gasteiger charge is 2.07. The van der Waals surface area contributed by atoms with E-state index in [1.54, 1.807) is 0 Å². The summed E-state index contributed by atoms with van der Waals surface area (Å²) < 4.78 is 6.86. The van der Waals surface area contributed by atoms with Gasteiger partial charge in [-0.2, -0.15) is 0 Å². The molecule has 0 aliphatic carbocycles. The van der Waals surface area contributed by atoms with E-state index in [0.29, 0.717) is 6.61 Å². The van der Waals surface area contributed by atoms with Gasteiger partial charge in [0.1, 0.15) is 12.4 Å². The summed E-state index contributed by atoms with van der Waals surface area (Å²) in [6.07, 6.45) is 3.67. The number of hydrogen-bond donors (Lipinski definition) is 0. The molecule has 1 aromatic carbocycles. The van der Waals surface area contributed by atoms with Gasteiger partial charge in [-0.15, -0.1) is 0 Å². The number of hydrogen-bond acceptors (Lipinski definition) is 2. The lowest BCUT2D eigenvalue weighted by molar-refractivity contribution is 0.301. The molecule has 2 rings (SSSR count). The Balaban J connectivity index is 2.15.